The van der Waals surface area contributed by atoms with Crippen molar-refractivity contribution in [2.24, 2.45) is 0 Å². The van der Waals surface area contributed by atoms with Gasteiger partial charge in [-0.25, -0.2) is 0 Å². The normalized spacial score (nSPS) is 11.3. The Kier molecular flexibility index (Phi) is 5.06. The zero-order valence-electron chi connectivity index (χ0n) is 14.1. The van der Waals surface area contributed by atoms with Crippen LogP contribution in [-0.4, -0.2) is 32.5 Å². The van der Waals surface area contributed by atoms with Crippen LogP contribution in [0, 0.1) is 6.92 Å². The Morgan fingerprint density at radius 1 is 1.15 bits per heavy atom. The van der Waals surface area contributed by atoms with Crippen LogP contribution >= 0.6 is 0 Å². The fourth-order valence-electron chi connectivity index (χ4n) is 2.31. The monoisotopic (exact) mass is 377 g/mol. The summed E-state index contributed by atoms with van der Waals surface area (Å²) in [5.41, 5.74) is 2.10. The minimum atomic E-state index is -4.77. The summed E-state index contributed by atoms with van der Waals surface area (Å²) in [4.78, 5) is 13.2. The number of benzene rings is 2. The zero-order chi connectivity index (χ0) is 19.4. The molecule has 7 nitrogen and oxygen atoms in total. The summed E-state index contributed by atoms with van der Waals surface area (Å²) in [7, 11) is 0. The number of carbonyl (C=O) groups is 1. The number of hydrogen-bond donors (Lipinski definition) is 1. The van der Waals surface area contributed by atoms with Crippen LogP contribution in [0.2, 0.25) is 0 Å². The lowest BCUT2D eigenvalue weighted by atomic mass is 10.1. The number of tetrazole rings is 1. The van der Waals surface area contributed by atoms with Crippen molar-refractivity contribution in [1.29, 1.82) is 0 Å². The Morgan fingerprint density at radius 2 is 1.85 bits per heavy atom. The van der Waals surface area contributed by atoms with Gasteiger partial charge >= 0.3 is 6.36 Å². The van der Waals surface area contributed by atoms with Gasteiger partial charge in [0.15, 0.2) is 0 Å². The number of nitrogens with zero attached hydrogens (tertiary/aromatic N) is 4. The second-order valence-corrected chi connectivity index (χ2v) is 5.58. The molecule has 3 aromatic rings. The van der Waals surface area contributed by atoms with E-state index in [0.717, 1.165) is 28.1 Å². The van der Waals surface area contributed by atoms with Crippen molar-refractivity contribution in [2.75, 3.05) is 5.32 Å². The van der Waals surface area contributed by atoms with Gasteiger partial charge < -0.3 is 10.1 Å². The maximum Gasteiger partial charge on any atom is 0.573 e. The third-order valence-electron chi connectivity index (χ3n) is 3.50. The average Bonchev–Trinajstić information content (AvgIpc) is 3.04. The van der Waals surface area contributed by atoms with E-state index >= 15 is 0 Å². The van der Waals surface area contributed by atoms with E-state index < -0.39 is 12.3 Å². The first-order valence-corrected chi connectivity index (χ1v) is 7.80. The van der Waals surface area contributed by atoms with Crippen LogP contribution in [0.5, 0.6) is 5.75 Å². The van der Waals surface area contributed by atoms with Crippen LogP contribution in [0.3, 0.4) is 0 Å². The van der Waals surface area contributed by atoms with Gasteiger partial charge in [-0.1, -0.05) is 24.3 Å². The molecule has 0 atom stereocenters. The van der Waals surface area contributed by atoms with Crippen LogP contribution in [0.4, 0.5) is 18.9 Å². The summed E-state index contributed by atoms with van der Waals surface area (Å²) < 4.78 is 40.2. The fourth-order valence-corrected chi connectivity index (χ4v) is 2.31. The maximum absolute atomic E-state index is 12.1. The van der Waals surface area contributed by atoms with Crippen LogP contribution < -0.4 is 10.1 Å². The third kappa shape index (κ3) is 5.03. The molecule has 0 saturated heterocycles. The number of carbonyl (C=O) groups excluding carboxylic acids is 1. The summed E-state index contributed by atoms with van der Waals surface area (Å²) in [6, 6.07) is 12.3. The summed E-state index contributed by atoms with van der Waals surface area (Å²) in [6.45, 7) is 1.72. The lowest BCUT2D eigenvalue weighted by Crippen LogP contribution is -2.20. The number of amides is 1. The van der Waals surface area contributed by atoms with E-state index in [0.29, 0.717) is 11.5 Å². The largest absolute Gasteiger partial charge is 0.573 e. The summed E-state index contributed by atoms with van der Waals surface area (Å²) >= 11 is 0. The maximum atomic E-state index is 12.1. The van der Waals surface area contributed by atoms with Crippen molar-refractivity contribution in [2.45, 2.75) is 19.8 Å². The summed E-state index contributed by atoms with van der Waals surface area (Å²) in [5.74, 6) is -0.427. The number of anilines is 1. The van der Waals surface area contributed by atoms with Crippen molar-refractivity contribution in [3.63, 3.8) is 0 Å². The second-order valence-electron chi connectivity index (χ2n) is 5.58. The molecule has 10 heteroatoms. The molecule has 0 aliphatic carbocycles. The standard InChI is InChI=1S/C17H14F3N5O2/c1-11-4-2-3-5-14(11)16-22-24-25(23-16)10-15(26)21-12-6-8-13(9-7-12)27-17(18,19)20/h2-9H,10H2,1H3,(H,21,26). The molecule has 0 aliphatic heterocycles. The number of halogens is 3. The van der Waals surface area contributed by atoms with Gasteiger partial charge in [-0.05, 0) is 42.0 Å². The van der Waals surface area contributed by atoms with Crippen molar-refractivity contribution < 1.29 is 22.7 Å². The first-order valence-electron chi connectivity index (χ1n) is 7.80. The Balaban J connectivity index is 1.61. The van der Waals surface area contributed by atoms with Crippen LogP contribution in [0.25, 0.3) is 11.4 Å². The number of alkyl halides is 3. The number of hydrogen-bond acceptors (Lipinski definition) is 5. The Labute approximate surface area is 151 Å². The lowest BCUT2D eigenvalue weighted by Gasteiger charge is -2.09. The van der Waals surface area contributed by atoms with E-state index in [1.807, 2.05) is 31.2 Å². The molecule has 2 aromatic carbocycles. The molecule has 0 fully saturated rings. The first kappa shape index (κ1) is 18.4. The molecule has 0 saturated carbocycles. The van der Waals surface area contributed by atoms with E-state index in [2.05, 4.69) is 25.5 Å². The summed E-state index contributed by atoms with van der Waals surface area (Å²) in [6.07, 6.45) is -4.77. The van der Waals surface area contributed by atoms with Crippen molar-refractivity contribution in [3.05, 3.63) is 54.1 Å². The molecule has 1 heterocycles. The third-order valence-corrected chi connectivity index (χ3v) is 3.50. The zero-order valence-corrected chi connectivity index (χ0v) is 14.1. The molecule has 1 amide bonds. The van der Waals surface area contributed by atoms with E-state index in [4.69, 9.17) is 0 Å². The van der Waals surface area contributed by atoms with Gasteiger partial charge in [-0.3, -0.25) is 4.79 Å². The van der Waals surface area contributed by atoms with Gasteiger partial charge in [0.25, 0.3) is 0 Å². The van der Waals surface area contributed by atoms with E-state index in [1.165, 1.54) is 12.1 Å². The number of aromatic nitrogens is 4. The van der Waals surface area contributed by atoms with E-state index in [-0.39, 0.29) is 12.3 Å². The van der Waals surface area contributed by atoms with Crippen LogP contribution in [-0.2, 0) is 11.3 Å². The highest BCUT2D eigenvalue weighted by Gasteiger charge is 2.30. The minimum Gasteiger partial charge on any atom is -0.406 e. The van der Waals surface area contributed by atoms with Crippen LogP contribution in [0.1, 0.15) is 5.56 Å². The Bertz CT molecular complexity index is 938. The number of ether oxygens (including phenoxy) is 1. The Morgan fingerprint density at radius 3 is 2.52 bits per heavy atom. The van der Waals surface area contributed by atoms with Gasteiger partial charge in [0.1, 0.15) is 12.3 Å². The molecule has 1 N–H and O–H groups in total. The molecular weight excluding hydrogens is 363 g/mol. The van der Waals surface area contributed by atoms with E-state index in [1.54, 1.807) is 0 Å². The molecule has 27 heavy (non-hydrogen) atoms. The predicted molar refractivity (Wildman–Crippen MR) is 89.7 cm³/mol. The molecule has 3 rings (SSSR count). The molecule has 0 spiro atoms. The summed E-state index contributed by atoms with van der Waals surface area (Å²) in [5, 5.41) is 14.5. The number of aryl methyl sites for hydroxylation is 1. The van der Waals surface area contributed by atoms with Crippen molar-refractivity contribution in [3.8, 4) is 17.1 Å². The first-order chi connectivity index (χ1) is 12.8. The molecular formula is C17H14F3N5O2. The average molecular weight is 377 g/mol. The molecule has 0 radical (unpaired) electrons. The smallest absolute Gasteiger partial charge is 0.406 e. The van der Waals surface area contributed by atoms with Gasteiger partial charge in [0, 0.05) is 11.3 Å². The SMILES string of the molecule is Cc1ccccc1-c1nnn(CC(=O)Nc2ccc(OC(F)(F)F)cc2)n1. The predicted octanol–water partition coefficient (Wildman–Crippen LogP) is 3.19. The Hall–Kier alpha value is -3.43. The molecule has 1 aromatic heterocycles. The van der Waals surface area contributed by atoms with Gasteiger partial charge in [-0.15, -0.1) is 23.4 Å². The van der Waals surface area contributed by atoms with Gasteiger partial charge in [0.05, 0.1) is 0 Å². The molecule has 0 unspecified atom stereocenters. The van der Waals surface area contributed by atoms with Gasteiger partial charge in [-0.2, -0.15) is 4.80 Å². The van der Waals surface area contributed by atoms with Crippen molar-refractivity contribution in [1.82, 2.24) is 20.2 Å². The topological polar surface area (TPSA) is 81.9 Å². The molecule has 140 valence electrons. The highest BCUT2D eigenvalue weighted by Crippen LogP contribution is 2.24. The van der Waals surface area contributed by atoms with Gasteiger partial charge in [0.2, 0.25) is 11.7 Å². The molecule has 0 aliphatic rings. The fraction of sp³-hybridized carbons (Fsp3) is 0.176. The minimum absolute atomic E-state index is 0.195. The van der Waals surface area contributed by atoms with E-state index in [9.17, 15) is 18.0 Å². The van der Waals surface area contributed by atoms with Crippen LogP contribution in [0.15, 0.2) is 48.5 Å². The number of rotatable bonds is 5. The second kappa shape index (κ2) is 7.44. The van der Waals surface area contributed by atoms with Crippen molar-refractivity contribution >= 4 is 11.6 Å². The highest BCUT2D eigenvalue weighted by molar-refractivity contribution is 5.90. The molecule has 0 bridgehead atoms. The quantitative estimate of drug-likeness (QED) is 0.739. The highest BCUT2D eigenvalue weighted by atomic mass is 19.4. The lowest BCUT2D eigenvalue weighted by molar-refractivity contribution is -0.274. The number of nitrogens with one attached hydrogen (secondary N) is 1.